The van der Waals surface area contributed by atoms with Gasteiger partial charge in [0.1, 0.15) is 36.1 Å². The third-order valence-corrected chi connectivity index (χ3v) is 12.6. The molecule has 0 spiro atoms. The molecule has 1 saturated heterocycles. The van der Waals surface area contributed by atoms with Crippen LogP contribution in [0.15, 0.2) is 121 Å². The summed E-state index contributed by atoms with van der Waals surface area (Å²) >= 11 is 0. The van der Waals surface area contributed by atoms with Gasteiger partial charge in [0.15, 0.2) is 0 Å². The van der Waals surface area contributed by atoms with Gasteiger partial charge in [-0.3, -0.25) is 0 Å². The van der Waals surface area contributed by atoms with Crippen LogP contribution in [-0.4, -0.2) is 77.3 Å². The monoisotopic (exact) mass is 938 g/mol. The van der Waals surface area contributed by atoms with Gasteiger partial charge in [-0.2, -0.15) is 0 Å². The molecule has 68 heavy (non-hydrogen) atoms. The van der Waals surface area contributed by atoms with Crippen molar-refractivity contribution >= 4 is 6.09 Å². The van der Waals surface area contributed by atoms with Crippen LogP contribution in [0.5, 0.6) is 0 Å². The maximum absolute atomic E-state index is 13.4. The van der Waals surface area contributed by atoms with Gasteiger partial charge in [0, 0.05) is 0 Å². The number of benzene rings is 4. The number of nitrogens with one attached hydrogen (secondary N) is 1. The third-order valence-electron chi connectivity index (χ3n) is 12.6. The van der Waals surface area contributed by atoms with E-state index in [2.05, 4.69) is 12.2 Å². The van der Waals surface area contributed by atoms with Gasteiger partial charge in [0.05, 0.1) is 51.3 Å². The van der Waals surface area contributed by atoms with E-state index in [-0.39, 0.29) is 19.6 Å². The van der Waals surface area contributed by atoms with Gasteiger partial charge in [0.25, 0.3) is 0 Å². The van der Waals surface area contributed by atoms with Crippen LogP contribution in [0.1, 0.15) is 146 Å². The van der Waals surface area contributed by atoms with Crippen molar-refractivity contribution in [1.29, 1.82) is 0 Å². The van der Waals surface area contributed by atoms with Crippen LogP contribution in [0, 0.1) is 0 Å². The molecule has 0 aromatic heterocycles. The van der Waals surface area contributed by atoms with E-state index >= 15 is 0 Å². The number of carbonyl (C=O) groups is 1. The first-order valence-corrected chi connectivity index (χ1v) is 25.7. The van der Waals surface area contributed by atoms with Gasteiger partial charge >= 0.3 is 6.09 Å². The summed E-state index contributed by atoms with van der Waals surface area (Å²) in [6.45, 7) is 9.16. The van der Waals surface area contributed by atoms with E-state index in [4.69, 9.17) is 28.4 Å². The first kappa shape index (κ1) is 54.8. The molecular formula is C58H83NO9. The summed E-state index contributed by atoms with van der Waals surface area (Å²) < 4.78 is 39.9. The molecule has 374 valence electrons. The SMILES string of the molecule is CCCCCCCCCCCCCC[C@H](O)[C@H](O)[C@H](CC[C@H]1O[C@H](COCc2ccccc2)[C@H](OCc2ccccc2)[C@H](OCc2ccccc2)[C@H]1OCc1ccccc1)NC(=O)OC(C)(C)C. The first-order valence-electron chi connectivity index (χ1n) is 25.7. The van der Waals surface area contributed by atoms with E-state index < -0.39 is 60.5 Å². The molecule has 1 aliphatic rings. The molecule has 4 aromatic carbocycles. The van der Waals surface area contributed by atoms with E-state index in [0.717, 1.165) is 41.5 Å². The maximum Gasteiger partial charge on any atom is 0.407 e. The lowest BCUT2D eigenvalue weighted by atomic mass is 9.89. The fourth-order valence-corrected chi connectivity index (χ4v) is 8.88. The molecule has 0 aliphatic carbocycles. The number of hydrogen-bond acceptors (Lipinski definition) is 9. The number of amides is 1. The van der Waals surface area contributed by atoms with E-state index in [9.17, 15) is 15.0 Å². The Morgan fingerprint density at radius 3 is 1.43 bits per heavy atom. The Kier molecular flexibility index (Phi) is 25.1. The zero-order chi connectivity index (χ0) is 48.2. The van der Waals surface area contributed by atoms with Crippen molar-refractivity contribution in [2.24, 2.45) is 0 Å². The average molecular weight is 938 g/mol. The minimum Gasteiger partial charge on any atom is -0.444 e. The summed E-state index contributed by atoms with van der Waals surface area (Å²) in [6, 6.07) is 39.3. The highest BCUT2D eigenvalue weighted by atomic mass is 16.6. The van der Waals surface area contributed by atoms with Crippen molar-refractivity contribution in [3.8, 4) is 0 Å². The highest BCUT2D eigenvalue weighted by Crippen LogP contribution is 2.34. The van der Waals surface area contributed by atoms with Crippen LogP contribution in [0.2, 0.25) is 0 Å². The first-order chi connectivity index (χ1) is 33.1. The Balaban J connectivity index is 1.36. The van der Waals surface area contributed by atoms with E-state index in [0.29, 0.717) is 32.7 Å². The fourth-order valence-electron chi connectivity index (χ4n) is 8.88. The third kappa shape index (κ3) is 20.8. The summed E-state index contributed by atoms with van der Waals surface area (Å²) in [5.41, 5.74) is 3.28. The van der Waals surface area contributed by atoms with E-state index in [1.807, 2.05) is 121 Å². The van der Waals surface area contributed by atoms with Gasteiger partial charge in [-0.15, -0.1) is 0 Å². The summed E-state index contributed by atoms with van der Waals surface area (Å²) in [5.74, 6) is 0. The van der Waals surface area contributed by atoms with Crippen LogP contribution in [-0.2, 0) is 54.8 Å². The molecule has 1 aliphatic heterocycles. The number of aliphatic hydroxyl groups is 2. The standard InChI is InChI=1S/C58H83NO9/c1-5-6-7-8-9-10-11-12-13-14-15-28-37-50(60)53(61)49(59-57(62)68-58(2,3)4)38-39-51-54(64-41-46-31-22-17-23-32-46)56(66-43-48-35-26-19-27-36-48)55(65-42-47-33-24-18-25-34-47)52(67-51)44-63-40-45-29-20-16-21-30-45/h16-27,29-36,49-56,60-61H,5-15,28,37-44H2,1-4H3,(H,59,62)/t49-,50-,51+,52+,53+,54-,55-,56+/m0/s1. The Bertz CT molecular complexity index is 1880. The number of carbonyl (C=O) groups excluding carboxylic acids is 1. The lowest BCUT2D eigenvalue weighted by Gasteiger charge is -2.46. The van der Waals surface area contributed by atoms with Crippen molar-refractivity contribution in [2.75, 3.05) is 6.61 Å². The number of unbranched alkanes of at least 4 members (excludes halogenated alkanes) is 11. The van der Waals surface area contributed by atoms with Crippen LogP contribution >= 0.6 is 0 Å². The minimum atomic E-state index is -1.25. The Labute approximate surface area is 408 Å². The summed E-state index contributed by atoms with van der Waals surface area (Å²) in [5, 5.41) is 26.3. The molecular weight excluding hydrogens is 855 g/mol. The van der Waals surface area contributed by atoms with E-state index in [1.54, 1.807) is 20.8 Å². The highest BCUT2D eigenvalue weighted by Gasteiger charge is 2.48. The van der Waals surface area contributed by atoms with Gasteiger partial charge < -0.3 is 44.0 Å². The zero-order valence-corrected chi connectivity index (χ0v) is 41.6. The lowest BCUT2D eigenvalue weighted by Crippen LogP contribution is -2.61. The molecule has 0 saturated carbocycles. The second kappa shape index (κ2) is 31.2. The van der Waals surface area contributed by atoms with Gasteiger partial charge in [0.2, 0.25) is 0 Å². The lowest BCUT2D eigenvalue weighted by molar-refractivity contribution is -0.274. The van der Waals surface area contributed by atoms with Crippen LogP contribution in [0.4, 0.5) is 4.79 Å². The normalized spacial score (nSPS) is 19.8. The smallest absolute Gasteiger partial charge is 0.407 e. The number of rotatable bonds is 32. The van der Waals surface area contributed by atoms with Gasteiger partial charge in [-0.05, 0) is 62.3 Å². The van der Waals surface area contributed by atoms with Crippen LogP contribution in [0.25, 0.3) is 0 Å². The molecule has 1 heterocycles. The van der Waals surface area contributed by atoms with Crippen molar-refractivity contribution in [3.63, 3.8) is 0 Å². The number of ether oxygens (including phenoxy) is 6. The van der Waals surface area contributed by atoms with Crippen molar-refractivity contribution in [1.82, 2.24) is 5.32 Å². The summed E-state index contributed by atoms with van der Waals surface area (Å²) in [6.07, 6.45) is 9.49. The molecule has 4 aromatic rings. The Morgan fingerprint density at radius 2 is 0.971 bits per heavy atom. The molecule has 1 amide bonds. The van der Waals surface area contributed by atoms with Crippen LogP contribution < -0.4 is 5.32 Å². The number of alkyl carbamates (subject to hydrolysis) is 1. The van der Waals surface area contributed by atoms with E-state index in [1.165, 1.54) is 57.8 Å². The second-order valence-corrected chi connectivity index (χ2v) is 19.6. The van der Waals surface area contributed by atoms with Gasteiger partial charge in [-0.1, -0.05) is 205 Å². The maximum atomic E-state index is 13.4. The fraction of sp³-hybridized carbons (Fsp3) is 0.569. The van der Waals surface area contributed by atoms with Crippen molar-refractivity contribution in [2.45, 2.75) is 205 Å². The van der Waals surface area contributed by atoms with Crippen LogP contribution in [0.3, 0.4) is 0 Å². The predicted molar refractivity (Wildman–Crippen MR) is 270 cm³/mol. The van der Waals surface area contributed by atoms with Crippen molar-refractivity contribution in [3.05, 3.63) is 144 Å². The molecule has 0 unspecified atom stereocenters. The average Bonchev–Trinajstić information content (AvgIpc) is 3.34. The molecule has 0 radical (unpaired) electrons. The Morgan fingerprint density at radius 1 is 0.559 bits per heavy atom. The van der Waals surface area contributed by atoms with Crippen molar-refractivity contribution < 1.29 is 43.4 Å². The quantitative estimate of drug-likeness (QED) is 0.0411. The molecule has 5 rings (SSSR count). The topological polar surface area (TPSA) is 125 Å². The summed E-state index contributed by atoms with van der Waals surface area (Å²) in [4.78, 5) is 13.4. The zero-order valence-electron chi connectivity index (χ0n) is 41.6. The number of hydrogen-bond donors (Lipinski definition) is 3. The Hall–Kier alpha value is -4.13. The molecule has 3 N–H and O–H groups in total. The largest absolute Gasteiger partial charge is 0.444 e. The summed E-state index contributed by atoms with van der Waals surface area (Å²) in [7, 11) is 0. The molecule has 8 atom stereocenters. The molecule has 10 heteroatoms. The predicted octanol–water partition coefficient (Wildman–Crippen LogP) is 12.2. The minimum absolute atomic E-state index is 0.210. The number of aliphatic hydroxyl groups excluding tert-OH is 2. The second-order valence-electron chi connectivity index (χ2n) is 19.6. The molecule has 1 fully saturated rings. The van der Waals surface area contributed by atoms with Gasteiger partial charge in [-0.25, -0.2) is 4.79 Å². The molecule has 0 bridgehead atoms. The molecule has 10 nitrogen and oxygen atoms in total. The highest BCUT2D eigenvalue weighted by molar-refractivity contribution is 5.68.